The lowest BCUT2D eigenvalue weighted by Crippen LogP contribution is -2.36. The number of nitrogens with one attached hydrogen (secondary N) is 1. The SMILES string of the molecule is CNS(=O)(=O)CC1CCC(CN2C(=O)c3ccccc3C2=O)CC1. The molecule has 0 unspecified atom stereocenters. The van der Waals surface area contributed by atoms with E-state index in [4.69, 9.17) is 0 Å². The van der Waals surface area contributed by atoms with Crippen molar-refractivity contribution in [1.82, 2.24) is 9.62 Å². The van der Waals surface area contributed by atoms with Gasteiger partial charge in [0.1, 0.15) is 0 Å². The Hall–Kier alpha value is -1.73. The van der Waals surface area contributed by atoms with Crippen LogP contribution in [0.1, 0.15) is 46.4 Å². The van der Waals surface area contributed by atoms with Crippen molar-refractivity contribution < 1.29 is 18.0 Å². The number of fused-ring (bicyclic) bond motifs is 1. The fourth-order valence-electron chi connectivity index (χ4n) is 3.64. The van der Waals surface area contributed by atoms with Crippen molar-refractivity contribution in [2.24, 2.45) is 11.8 Å². The molecule has 1 fully saturated rings. The molecular weight excluding hydrogens is 328 g/mol. The Labute approximate surface area is 142 Å². The molecule has 0 saturated heterocycles. The predicted octanol–water partition coefficient (Wildman–Crippen LogP) is 1.64. The van der Waals surface area contributed by atoms with Crippen molar-refractivity contribution in [3.8, 4) is 0 Å². The molecule has 130 valence electrons. The summed E-state index contributed by atoms with van der Waals surface area (Å²) in [6.45, 7) is 0.428. The first-order valence-corrected chi connectivity index (χ1v) is 9.93. The van der Waals surface area contributed by atoms with E-state index < -0.39 is 10.0 Å². The molecule has 0 spiro atoms. The van der Waals surface area contributed by atoms with Gasteiger partial charge in [0.25, 0.3) is 11.8 Å². The molecule has 1 aliphatic heterocycles. The Morgan fingerprint density at radius 2 is 1.50 bits per heavy atom. The molecule has 2 aliphatic rings. The lowest BCUT2D eigenvalue weighted by molar-refractivity contribution is 0.0612. The van der Waals surface area contributed by atoms with Gasteiger partial charge in [0.15, 0.2) is 0 Å². The summed E-state index contributed by atoms with van der Waals surface area (Å²) in [6.07, 6.45) is 3.32. The predicted molar refractivity (Wildman–Crippen MR) is 90.1 cm³/mol. The van der Waals surface area contributed by atoms with Crippen LogP contribution >= 0.6 is 0 Å². The minimum Gasteiger partial charge on any atom is -0.274 e. The van der Waals surface area contributed by atoms with E-state index in [1.165, 1.54) is 11.9 Å². The standard InChI is InChI=1S/C17H22N2O4S/c1-18-24(22,23)11-13-8-6-12(7-9-13)10-19-16(20)14-4-2-3-5-15(14)17(19)21/h2-5,12-13,18H,6-11H2,1H3. The zero-order valence-corrected chi connectivity index (χ0v) is 14.5. The van der Waals surface area contributed by atoms with Crippen LogP contribution < -0.4 is 4.72 Å². The van der Waals surface area contributed by atoms with Crippen LogP contribution in [0.5, 0.6) is 0 Å². The van der Waals surface area contributed by atoms with Crippen LogP contribution in [0, 0.1) is 11.8 Å². The number of sulfonamides is 1. The summed E-state index contributed by atoms with van der Waals surface area (Å²) in [6, 6.07) is 6.91. The Morgan fingerprint density at radius 3 is 2.00 bits per heavy atom. The van der Waals surface area contributed by atoms with Crippen LogP contribution in [0.4, 0.5) is 0 Å². The zero-order valence-electron chi connectivity index (χ0n) is 13.7. The summed E-state index contributed by atoms with van der Waals surface area (Å²) in [7, 11) is -1.75. The van der Waals surface area contributed by atoms with Crippen molar-refractivity contribution in [2.45, 2.75) is 25.7 Å². The third-order valence-electron chi connectivity index (χ3n) is 5.05. The van der Waals surface area contributed by atoms with Gasteiger partial charge in [0, 0.05) is 6.54 Å². The first-order chi connectivity index (χ1) is 11.4. The number of amides is 2. The first kappa shape index (κ1) is 17.1. The molecule has 7 heteroatoms. The van der Waals surface area contributed by atoms with Crippen molar-refractivity contribution in [3.63, 3.8) is 0 Å². The molecule has 1 N–H and O–H groups in total. The first-order valence-electron chi connectivity index (χ1n) is 8.27. The van der Waals surface area contributed by atoms with E-state index in [2.05, 4.69) is 4.72 Å². The number of carbonyl (C=O) groups is 2. The molecule has 0 radical (unpaired) electrons. The molecule has 24 heavy (non-hydrogen) atoms. The van der Waals surface area contributed by atoms with Gasteiger partial charge in [-0.3, -0.25) is 14.5 Å². The fraction of sp³-hybridized carbons (Fsp3) is 0.529. The molecule has 1 heterocycles. The van der Waals surface area contributed by atoms with Gasteiger partial charge in [0.2, 0.25) is 10.0 Å². The smallest absolute Gasteiger partial charge is 0.261 e. The van der Waals surface area contributed by atoms with Gasteiger partial charge in [-0.1, -0.05) is 12.1 Å². The molecule has 1 saturated carbocycles. The normalized spacial score (nSPS) is 24.3. The van der Waals surface area contributed by atoms with E-state index in [-0.39, 0.29) is 29.4 Å². The molecule has 1 aromatic rings. The Kier molecular flexibility index (Phi) is 4.73. The van der Waals surface area contributed by atoms with Crippen LogP contribution in [0.2, 0.25) is 0 Å². The van der Waals surface area contributed by atoms with Crippen molar-refractivity contribution in [3.05, 3.63) is 35.4 Å². The number of rotatable bonds is 5. The molecule has 2 amide bonds. The molecule has 0 atom stereocenters. The molecule has 6 nitrogen and oxygen atoms in total. The minimum absolute atomic E-state index is 0.154. The highest BCUT2D eigenvalue weighted by molar-refractivity contribution is 7.89. The van der Waals surface area contributed by atoms with E-state index >= 15 is 0 Å². The average Bonchev–Trinajstić information content (AvgIpc) is 2.82. The summed E-state index contributed by atoms with van der Waals surface area (Å²) >= 11 is 0. The average molecular weight is 350 g/mol. The molecular formula is C17H22N2O4S. The summed E-state index contributed by atoms with van der Waals surface area (Å²) < 4.78 is 25.6. The van der Waals surface area contributed by atoms with Gasteiger partial charge in [-0.05, 0) is 56.7 Å². The molecule has 0 aromatic heterocycles. The van der Waals surface area contributed by atoms with Gasteiger partial charge >= 0.3 is 0 Å². The van der Waals surface area contributed by atoms with E-state index in [0.29, 0.717) is 17.7 Å². The minimum atomic E-state index is -3.18. The van der Waals surface area contributed by atoms with Crippen LogP contribution in [0.25, 0.3) is 0 Å². The topological polar surface area (TPSA) is 83.6 Å². The maximum Gasteiger partial charge on any atom is 0.261 e. The van der Waals surface area contributed by atoms with E-state index in [1.807, 2.05) is 0 Å². The maximum absolute atomic E-state index is 12.4. The second-order valence-corrected chi connectivity index (χ2v) is 8.61. The summed E-state index contributed by atoms with van der Waals surface area (Å²) in [5.41, 5.74) is 0.965. The highest BCUT2D eigenvalue weighted by atomic mass is 32.2. The van der Waals surface area contributed by atoms with Crippen LogP contribution in [0.3, 0.4) is 0 Å². The lowest BCUT2D eigenvalue weighted by Gasteiger charge is -2.30. The van der Waals surface area contributed by atoms with Crippen LogP contribution in [-0.2, 0) is 10.0 Å². The number of nitrogens with zero attached hydrogens (tertiary/aromatic N) is 1. The molecule has 0 bridgehead atoms. The Bertz CT molecular complexity index is 717. The number of carbonyl (C=O) groups excluding carboxylic acids is 2. The summed E-state index contributed by atoms with van der Waals surface area (Å²) in [4.78, 5) is 26.1. The maximum atomic E-state index is 12.4. The molecule has 1 aliphatic carbocycles. The van der Waals surface area contributed by atoms with Gasteiger partial charge in [-0.2, -0.15) is 0 Å². The van der Waals surface area contributed by atoms with Crippen LogP contribution in [0.15, 0.2) is 24.3 Å². The van der Waals surface area contributed by atoms with Gasteiger partial charge < -0.3 is 0 Å². The monoisotopic (exact) mass is 350 g/mol. The summed E-state index contributed by atoms with van der Waals surface area (Å²) in [5, 5.41) is 0. The molecule has 3 rings (SSSR count). The summed E-state index contributed by atoms with van der Waals surface area (Å²) in [5.74, 6) is 0.135. The second-order valence-electron chi connectivity index (χ2n) is 6.64. The number of hydrogen-bond donors (Lipinski definition) is 1. The van der Waals surface area contributed by atoms with Gasteiger partial charge in [-0.25, -0.2) is 13.1 Å². The quantitative estimate of drug-likeness (QED) is 0.818. The van der Waals surface area contributed by atoms with Crippen molar-refractivity contribution in [2.75, 3.05) is 19.3 Å². The zero-order chi connectivity index (χ0) is 17.3. The van der Waals surface area contributed by atoms with Gasteiger partial charge in [-0.15, -0.1) is 0 Å². The van der Waals surface area contributed by atoms with Crippen LogP contribution in [-0.4, -0.2) is 44.5 Å². The fourth-order valence-corrected chi connectivity index (χ4v) is 4.76. The van der Waals surface area contributed by atoms with Crippen molar-refractivity contribution in [1.29, 1.82) is 0 Å². The Balaban J connectivity index is 1.58. The largest absolute Gasteiger partial charge is 0.274 e. The third kappa shape index (κ3) is 3.37. The second kappa shape index (κ2) is 6.64. The highest BCUT2D eigenvalue weighted by Gasteiger charge is 2.37. The van der Waals surface area contributed by atoms with E-state index in [0.717, 1.165) is 25.7 Å². The Morgan fingerprint density at radius 1 is 1.00 bits per heavy atom. The van der Waals surface area contributed by atoms with Crippen molar-refractivity contribution >= 4 is 21.8 Å². The number of hydrogen-bond acceptors (Lipinski definition) is 4. The highest BCUT2D eigenvalue weighted by Crippen LogP contribution is 2.32. The van der Waals surface area contributed by atoms with E-state index in [9.17, 15) is 18.0 Å². The number of imide groups is 1. The van der Waals surface area contributed by atoms with E-state index in [1.54, 1.807) is 24.3 Å². The lowest BCUT2D eigenvalue weighted by atomic mass is 9.82. The third-order valence-corrected chi connectivity index (χ3v) is 6.58. The number of benzene rings is 1. The van der Waals surface area contributed by atoms with Gasteiger partial charge in [0.05, 0.1) is 16.9 Å². The molecule has 1 aromatic carbocycles.